The molecule has 19 heavy (non-hydrogen) atoms. The summed E-state index contributed by atoms with van der Waals surface area (Å²) in [4.78, 5) is 11.7. The first-order chi connectivity index (χ1) is 8.94. The second kappa shape index (κ2) is 5.61. The number of aromatic hydroxyl groups is 1. The molecular weight excluding hydrogens is 266 g/mol. The highest BCUT2D eigenvalue weighted by Crippen LogP contribution is 2.21. The van der Waals surface area contributed by atoms with Crippen molar-refractivity contribution in [3.05, 3.63) is 29.8 Å². The largest absolute Gasteiger partial charge is 0.508 e. The number of carbonyl (C=O) groups excluding carboxylic acids is 1. The van der Waals surface area contributed by atoms with Gasteiger partial charge in [-0.3, -0.25) is 4.79 Å². The third kappa shape index (κ3) is 4.24. The van der Waals surface area contributed by atoms with E-state index in [1.807, 2.05) is 0 Å². The number of carbonyl (C=O) groups is 1. The van der Waals surface area contributed by atoms with E-state index in [9.17, 15) is 13.2 Å². The first-order valence-corrected chi connectivity index (χ1v) is 8.02. The van der Waals surface area contributed by atoms with Crippen molar-refractivity contribution in [2.45, 2.75) is 19.4 Å². The monoisotopic (exact) mass is 283 g/mol. The van der Waals surface area contributed by atoms with Crippen molar-refractivity contribution < 1.29 is 18.3 Å². The van der Waals surface area contributed by atoms with Crippen LogP contribution in [0.4, 0.5) is 0 Å². The van der Waals surface area contributed by atoms with Crippen LogP contribution in [0.1, 0.15) is 18.4 Å². The van der Waals surface area contributed by atoms with Gasteiger partial charge in [-0.05, 0) is 30.0 Å². The molecular formula is C13H17NO4S. The summed E-state index contributed by atoms with van der Waals surface area (Å²) in [5, 5.41) is 11.9. The number of hydrogen-bond acceptors (Lipinski definition) is 4. The van der Waals surface area contributed by atoms with Crippen molar-refractivity contribution in [2.24, 2.45) is 5.92 Å². The van der Waals surface area contributed by atoms with Crippen molar-refractivity contribution >= 4 is 15.7 Å². The van der Waals surface area contributed by atoms with Crippen LogP contribution in [0.25, 0.3) is 0 Å². The van der Waals surface area contributed by atoms with E-state index in [4.69, 9.17) is 5.11 Å². The maximum atomic E-state index is 11.7. The Morgan fingerprint density at radius 2 is 2.00 bits per heavy atom. The standard InChI is InChI=1S/C13H17NO4S/c15-12-3-1-10(2-4-12)8-14-13(16)7-11-5-6-19(17,18)9-11/h1-4,11,15H,5-9H2,(H,14,16). The fraction of sp³-hybridized carbons (Fsp3) is 0.462. The predicted molar refractivity (Wildman–Crippen MR) is 71.3 cm³/mol. The van der Waals surface area contributed by atoms with Gasteiger partial charge in [-0.15, -0.1) is 0 Å². The molecule has 1 amide bonds. The summed E-state index contributed by atoms with van der Waals surface area (Å²) in [6, 6.07) is 6.58. The molecule has 2 N–H and O–H groups in total. The van der Waals surface area contributed by atoms with Crippen LogP contribution in [0.5, 0.6) is 5.75 Å². The van der Waals surface area contributed by atoms with E-state index in [1.54, 1.807) is 24.3 Å². The SMILES string of the molecule is O=C(CC1CCS(=O)(=O)C1)NCc1ccc(O)cc1. The molecule has 1 saturated heterocycles. The van der Waals surface area contributed by atoms with Crippen molar-refractivity contribution in [3.8, 4) is 5.75 Å². The van der Waals surface area contributed by atoms with Gasteiger partial charge in [0.15, 0.2) is 9.84 Å². The van der Waals surface area contributed by atoms with E-state index >= 15 is 0 Å². The lowest BCUT2D eigenvalue weighted by atomic mass is 10.1. The maximum absolute atomic E-state index is 11.7. The first kappa shape index (κ1) is 13.9. The minimum Gasteiger partial charge on any atom is -0.508 e. The molecule has 1 aromatic carbocycles. The average molecular weight is 283 g/mol. The van der Waals surface area contributed by atoms with Gasteiger partial charge in [0.05, 0.1) is 11.5 Å². The summed E-state index contributed by atoms with van der Waals surface area (Å²) < 4.78 is 22.6. The molecule has 2 rings (SSSR count). The van der Waals surface area contributed by atoms with Gasteiger partial charge in [-0.2, -0.15) is 0 Å². The summed E-state index contributed by atoms with van der Waals surface area (Å²) >= 11 is 0. The molecule has 1 aromatic rings. The average Bonchev–Trinajstić information content (AvgIpc) is 2.68. The number of amides is 1. The van der Waals surface area contributed by atoms with E-state index in [0.29, 0.717) is 13.0 Å². The molecule has 0 bridgehead atoms. The summed E-state index contributed by atoms with van der Waals surface area (Å²) in [6.45, 7) is 0.387. The van der Waals surface area contributed by atoms with Crippen LogP contribution in [0.15, 0.2) is 24.3 Å². The van der Waals surface area contributed by atoms with Gasteiger partial charge in [-0.25, -0.2) is 8.42 Å². The van der Waals surface area contributed by atoms with E-state index < -0.39 is 9.84 Å². The highest BCUT2D eigenvalue weighted by atomic mass is 32.2. The van der Waals surface area contributed by atoms with Crippen LogP contribution in [-0.2, 0) is 21.2 Å². The van der Waals surface area contributed by atoms with E-state index in [1.165, 1.54) is 0 Å². The Bertz CT molecular complexity index is 551. The number of rotatable bonds is 4. The molecule has 0 spiro atoms. The topological polar surface area (TPSA) is 83.5 Å². The molecule has 0 aromatic heterocycles. The molecule has 0 saturated carbocycles. The smallest absolute Gasteiger partial charge is 0.220 e. The summed E-state index contributed by atoms with van der Waals surface area (Å²) in [7, 11) is -2.92. The first-order valence-electron chi connectivity index (χ1n) is 6.20. The van der Waals surface area contributed by atoms with Crippen LogP contribution in [-0.4, -0.2) is 30.9 Å². The van der Waals surface area contributed by atoms with Crippen molar-refractivity contribution in [2.75, 3.05) is 11.5 Å². The van der Waals surface area contributed by atoms with E-state index in [0.717, 1.165) is 5.56 Å². The minimum absolute atomic E-state index is 0.0511. The molecule has 0 radical (unpaired) electrons. The van der Waals surface area contributed by atoms with E-state index in [2.05, 4.69) is 5.32 Å². The lowest BCUT2D eigenvalue weighted by Gasteiger charge is -2.08. The Balaban J connectivity index is 1.77. The van der Waals surface area contributed by atoms with Gasteiger partial charge < -0.3 is 10.4 Å². The Labute approximate surface area is 112 Å². The van der Waals surface area contributed by atoms with Gasteiger partial charge in [0.1, 0.15) is 5.75 Å². The Kier molecular flexibility index (Phi) is 4.09. The van der Waals surface area contributed by atoms with Crippen molar-refractivity contribution in [3.63, 3.8) is 0 Å². The van der Waals surface area contributed by atoms with Gasteiger partial charge >= 0.3 is 0 Å². The molecule has 104 valence electrons. The Morgan fingerprint density at radius 3 is 2.58 bits per heavy atom. The fourth-order valence-corrected chi connectivity index (χ4v) is 4.04. The third-order valence-electron chi connectivity index (χ3n) is 3.23. The number of phenolic OH excluding ortho intramolecular Hbond substituents is 1. The molecule has 0 aliphatic carbocycles. The van der Waals surface area contributed by atoms with Crippen LogP contribution < -0.4 is 5.32 Å². The van der Waals surface area contributed by atoms with Gasteiger partial charge in [-0.1, -0.05) is 12.1 Å². The second-order valence-electron chi connectivity index (χ2n) is 4.92. The number of benzene rings is 1. The van der Waals surface area contributed by atoms with Crippen LogP contribution >= 0.6 is 0 Å². The lowest BCUT2D eigenvalue weighted by Crippen LogP contribution is -2.25. The van der Waals surface area contributed by atoms with Crippen molar-refractivity contribution in [1.82, 2.24) is 5.32 Å². The summed E-state index contributed by atoms with van der Waals surface area (Å²) in [5.41, 5.74) is 0.894. The number of phenols is 1. The van der Waals surface area contributed by atoms with Gasteiger partial charge in [0.25, 0.3) is 0 Å². The molecule has 1 fully saturated rings. The predicted octanol–water partition coefficient (Wildman–Crippen LogP) is 0.833. The Hall–Kier alpha value is -1.56. The molecule has 6 heteroatoms. The van der Waals surface area contributed by atoms with Crippen molar-refractivity contribution in [1.29, 1.82) is 0 Å². The minimum atomic E-state index is -2.92. The van der Waals surface area contributed by atoms with Gasteiger partial charge in [0.2, 0.25) is 5.91 Å². The normalized spacial score (nSPS) is 21.2. The zero-order valence-electron chi connectivity index (χ0n) is 10.5. The lowest BCUT2D eigenvalue weighted by molar-refractivity contribution is -0.122. The number of nitrogens with one attached hydrogen (secondary N) is 1. The van der Waals surface area contributed by atoms with Crippen LogP contribution in [0, 0.1) is 5.92 Å². The zero-order chi connectivity index (χ0) is 13.9. The molecule has 1 heterocycles. The zero-order valence-corrected chi connectivity index (χ0v) is 11.3. The van der Waals surface area contributed by atoms with Crippen LogP contribution in [0.3, 0.4) is 0 Å². The molecule has 5 nitrogen and oxygen atoms in total. The van der Waals surface area contributed by atoms with Gasteiger partial charge in [0, 0.05) is 13.0 Å². The third-order valence-corrected chi connectivity index (χ3v) is 5.06. The number of sulfone groups is 1. The molecule has 1 aliphatic rings. The summed E-state index contributed by atoms with van der Waals surface area (Å²) in [5.74, 6) is 0.328. The number of hydrogen-bond donors (Lipinski definition) is 2. The Morgan fingerprint density at radius 1 is 1.32 bits per heavy atom. The maximum Gasteiger partial charge on any atom is 0.220 e. The van der Waals surface area contributed by atoms with Crippen LogP contribution in [0.2, 0.25) is 0 Å². The highest BCUT2D eigenvalue weighted by molar-refractivity contribution is 7.91. The highest BCUT2D eigenvalue weighted by Gasteiger charge is 2.29. The molecule has 1 aliphatic heterocycles. The molecule has 1 unspecified atom stereocenters. The molecule has 1 atom stereocenters. The second-order valence-corrected chi connectivity index (χ2v) is 7.15. The summed E-state index contributed by atoms with van der Waals surface area (Å²) in [6.07, 6.45) is 0.840. The quantitative estimate of drug-likeness (QED) is 0.857. The van der Waals surface area contributed by atoms with E-state index in [-0.39, 0.29) is 35.5 Å². The fourth-order valence-electron chi connectivity index (χ4n) is 2.18.